The van der Waals surface area contributed by atoms with Gasteiger partial charge in [0.1, 0.15) is 6.29 Å². The lowest BCUT2D eigenvalue weighted by Gasteiger charge is -2.57. The molecule has 0 spiro atoms. The smallest absolute Gasteiger partial charge is 0.138 e. The van der Waals surface area contributed by atoms with Gasteiger partial charge in [-0.25, -0.2) is 0 Å². The van der Waals surface area contributed by atoms with E-state index in [-0.39, 0.29) is 23.7 Å². The number of carbonyl (C=O) groups excluding carboxylic acids is 1. The minimum Gasteiger partial charge on any atom is -0.395 e. The van der Waals surface area contributed by atoms with E-state index >= 15 is 0 Å². The summed E-state index contributed by atoms with van der Waals surface area (Å²) in [6.45, 7) is 9.95. The van der Waals surface area contributed by atoms with Gasteiger partial charge >= 0.3 is 0 Å². The Morgan fingerprint density at radius 2 is 1.94 bits per heavy atom. The Bertz CT molecular complexity index is 264. The summed E-state index contributed by atoms with van der Waals surface area (Å²) in [7, 11) is 2.06. The molecule has 16 heavy (non-hydrogen) atoms. The van der Waals surface area contributed by atoms with Gasteiger partial charge in [-0.3, -0.25) is 9.80 Å². The largest absolute Gasteiger partial charge is 0.395 e. The van der Waals surface area contributed by atoms with Gasteiger partial charge in [-0.2, -0.15) is 0 Å². The monoisotopic (exact) mass is 228 g/mol. The van der Waals surface area contributed by atoms with Crippen LogP contribution in [0.2, 0.25) is 0 Å². The third-order valence-corrected chi connectivity index (χ3v) is 4.00. The third kappa shape index (κ3) is 2.14. The molecule has 1 unspecified atom stereocenters. The average molecular weight is 228 g/mol. The minimum atomic E-state index is -0.210. The fourth-order valence-electron chi connectivity index (χ4n) is 2.73. The molecule has 0 bridgehead atoms. The van der Waals surface area contributed by atoms with E-state index in [0.29, 0.717) is 6.54 Å². The van der Waals surface area contributed by atoms with E-state index in [2.05, 4.69) is 44.5 Å². The molecule has 1 aliphatic rings. The number of carbonyl (C=O) groups is 1. The Morgan fingerprint density at radius 3 is 2.38 bits per heavy atom. The van der Waals surface area contributed by atoms with Gasteiger partial charge in [0, 0.05) is 24.2 Å². The van der Waals surface area contributed by atoms with Crippen molar-refractivity contribution in [2.75, 3.05) is 26.7 Å². The number of rotatable bonds is 3. The van der Waals surface area contributed by atoms with Crippen LogP contribution < -0.4 is 0 Å². The van der Waals surface area contributed by atoms with Crippen molar-refractivity contribution in [2.45, 2.75) is 44.8 Å². The van der Waals surface area contributed by atoms with Crippen molar-refractivity contribution < 1.29 is 9.90 Å². The summed E-state index contributed by atoms with van der Waals surface area (Å²) in [5, 5.41) is 9.07. The van der Waals surface area contributed by atoms with Crippen molar-refractivity contribution in [3.8, 4) is 0 Å². The number of likely N-dealkylation sites (N-methyl/N-ethyl adjacent to an activating group) is 1. The molecule has 1 N–H and O–H groups in total. The van der Waals surface area contributed by atoms with Crippen molar-refractivity contribution in [3.63, 3.8) is 0 Å². The topological polar surface area (TPSA) is 43.8 Å². The van der Waals surface area contributed by atoms with Gasteiger partial charge in [-0.15, -0.1) is 0 Å². The second kappa shape index (κ2) is 4.43. The number of aldehydes is 1. The van der Waals surface area contributed by atoms with Crippen molar-refractivity contribution in [1.29, 1.82) is 0 Å². The van der Waals surface area contributed by atoms with Crippen LogP contribution in [0.25, 0.3) is 0 Å². The lowest BCUT2D eigenvalue weighted by atomic mass is 9.82. The van der Waals surface area contributed by atoms with Crippen LogP contribution in [0.4, 0.5) is 0 Å². The molecule has 0 aromatic rings. The van der Waals surface area contributed by atoms with E-state index in [1.165, 1.54) is 0 Å². The summed E-state index contributed by atoms with van der Waals surface area (Å²) in [5.41, 5.74) is -0.198. The lowest BCUT2D eigenvalue weighted by Crippen LogP contribution is -2.72. The second-order valence-corrected chi connectivity index (χ2v) is 5.80. The molecule has 1 heterocycles. The molecule has 1 saturated heterocycles. The van der Waals surface area contributed by atoms with Gasteiger partial charge in [-0.1, -0.05) is 0 Å². The molecule has 0 aromatic heterocycles. The predicted octanol–water partition coefficient (Wildman–Crippen LogP) is 0.351. The number of hydrogen-bond acceptors (Lipinski definition) is 4. The van der Waals surface area contributed by atoms with Crippen LogP contribution in [0.15, 0.2) is 0 Å². The first-order chi connectivity index (χ1) is 7.27. The van der Waals surface area contributed by atoms with Crippen LogP contribution in [-0.2, 0) is 4.79 Å². The van der Waals surface area contributed by atoms with E-state index < -0.39 is 0 Å². The van der Waals surface area contributed by atoms with Gasteiger partial charge in [0.2, 0.25) is 0 Å². The van der Waals surface area contributed by atoms with Crippen molar-refractivity contribution in [1.82, 2.24) is 9.80 Å². The first kappa shape index (κ1) is 13.6. The van der Waals surface area contributed by atoms with E-state index in [4.69, 9.17) is 5.11 Å². The van der Waals surface area contributed by atoms with Crippen LogP contribution in [0.1, 0.15) is 27.7 Å². The molecule has 1 aliphatic heterocycles. The van der Waals surface area contributed by atoms with E-state index in [9.17, 15) is 4.79 Å². The van der Waals surface area contributed by atoms with E-state index in [1.54, 1.807) is 0 Å². The summed E-state index contributed by atoms with van der Waals surface area (Å²) in [5.74, 6) is 0. The van der Waals surface area contributed by atoms with Crippen molar-refractivity contribution >= 4 is 6.29 Å². The summed E-state index contributed by atoms with van der Waals surface area (Å²) in [6, 6.07) is -0.155. The maximum Gasteiger partial charge on any atom is 0.138 e. The van der Waals surface area contributed by atoms with Crippen LogP contribution >= 0.6 is 0 Å². The van der Waals surface area contributed by atoms with E-state index in [0.717, 1.165) is 12.8 Å². The molecule has 0 aliphatic carbocycles. The zero-order valence-electron chi connectivity index (χ0n) is 11.0. The Hall–Kier alpha value is -0.450. The highest BCUT2D eigenvalue weighted by atomic mass is 16.3. The van der Waals surface area contributed by atoms with Crippen LogP contribution in [0.5, 0.6) is 0 Å². The molecule has 0 radical (unpaired) electrons. The molecule has 1 fully saturated rings. The fraction of sp³-hybridized carbons (Fsp3) is 0.917. The predicted molar refractivity (Wildman–Crippen MR) is 64.4 cm³/mol. The first-order valence-corrected chi connectivity index (χ1v) is 5.81. The number of piperazine rings is 1. The van der Waals surface area contributed by atoms with E-state index in [1.807, 2.05) is 0 Å². The van der Waals surface area contributed by atoms with Crippen LogP contribution in [-0.4, -0.2) is 65.1 Å². The third-order valence-electron chi connectivity index (χ3n) is 4.00. The Kier molecular flexibility index (Phi) is 3.77. The molecule has 94 valence electrons. The van der Waals surface area contributed by atoms with Crippen molar-refractivity contribution in [2.24, 2.45) is 0 Å². The van der Waals surface area contributed by atoms with Gasteiger partial charge in [0.25, 0.3) is 0 Å². The van der Waals surface area contributed by atoms with Crippen LogP contribution in [0, 0.1) is 0 Å². The molecular weight excluding hydrogens is 204 g/mol. The highest BCUT2D eigenvalue weighted by Crippen LogP contribution is 2.34. The van der Waals surface area contributed by atoms with Gasteiger partial charge < -0.3 is 9.90 Å². The second-order valence-electron chi connectivity index (χ2n) is 5.80. The molecule has 4 nitrogen and oxygen atoms in total. The molecule has 0 amide bonds. The fourth-order valence-corrected chi connectivity index (χ4v) is 2.73. The summed E-state index contributed by atoms with van der Waals surface area (Å²) in [4.78, 5) is 15.6. The Balaban J connectivity index is 3.02. The number of aliphatic hydroxyl groups excluding tert-OH is 1. The zero-order chi connectivity index (χ0) is 12.6. The SMILES string of the molecule is CN1C(C)(C)CN(CCO)C(C=O)C1(C)C. The number of aliphatic hydroxyl groups is 1. The quantitative estimate of drug-likeness (QED) is 0.708. The molecule has 4 heteroatoms. The summed E-state index contributed by atoms with van der Waals surface area (Å²) >= 11 is 0. The maximum atomic E-state index is 11.3. The number of β-amino-alcohol motifs (C(OH)–C–C–N with tert-alkyl or cyclic N) is 1. The van der Waals surface area contributed by atoms with Crippen LogP contribution in [0.3, 0.4) is 0 Å². The van der Waals surface area contributed by atoms with Gasteiger partial charge in [0.15, 0.2) is 0 Å². The molecule has 0 aromatic carbocycles. The summed E-state index contributed by atoms with van der Waals surface area (Å²) in [6.07, 6.45) is 1.00. The van der Waals surface area contributed by atoms with Gasteiger partial charge in [0.05, 0.1) is 12.6 Å². The molecule has 1 rings (SSSR count). The normalized spacial score (nSPS) is 30.2. The minimum absolute atomic E-state index is 0.0121. The molecule has 1 atom stereocenters. The Morgan fingerprint density at radius 1 is 1.38 bits per heavy atom. The molecular formula is C12H24N2O2. The average Bonchev–Trinajstić information content (AvgIpc) is 2.15. The number of nitrogens with zero attached hydrogens (tertiary/aromatic N) is 2. The summed E-state index contributed by atoms with van der Waals surface area (Å²) < 4.78 is 0. The molecule has 0 saturated carbocycles. The highest BCUT2D eigenvalue weighted by Gasteiger charge is 2.48. The first-order valence-electron chi connectivity index (χ1n) is 5.81. The zero-order valence-corrected chi connectivity index (χ0v) is 11.0. The number of hydrogen-bond donors (Lipinski definition) is 1. The Labute approximate surface area is 98.2 Å². The standard InChI is InChI=1S/C12H24N2O2/c1-11(2)9-14(6-7-15)10(8-16)12(3,4)13(11)5/h8,10,15H,6-7,9H2,1-5H3. The van der Waals surface area contributed by atoms with Gasteiger partial charge in [-0.05, 0) is 34.7 Å². The maximum absolute atomic E-state index is 11.3. The lowest BCUT2D eigenvalue weighted by molar-refractivity contribution is -0.132. The highest BCUT2D eigenvalue weighted by molar-refractivity contribution is 5.61. The van der Waals surface area contributed by atoms with Crippen molar-refractivity contribution in [3.05, 3.63) is 0 Å².